The van der Waals surface area contributed by atoms with E-state index in [9.17, 15) is 4.79 Å². The second-order valence-corrected chi connectivity index (χ2v) is 7.09. The van der Waals surface area contributed by atoms with E-state index in [4.69, 9.17) is 9.31 Å². The van der Waals surface area contributed by atoms with Gasteiger partial charge in [-0.05, 0) is 52.7 Å². The molecule has 1 N–H and O–H groups in total. The predicted octanol–water partition coefficient (Wildman–Crippen LogP) is 3.04. The number of rotatable bonds is 5. The first-order valence-electron chi connectivity index (χ1n) is 7.97. The van der Waals surface area contributed by atoms with Crippen molar-refractivity contribution in [3.05, 3.63) is 40.4 Å². The molecule has 0 unspecified atom stereocenters. The Morgan fingerprint density at radius 2 is 1.78 bits per heavy atom. The molecule has 124 valence electrons. The Morgan fingerprint density at radius 3 is 2.30 bits per heavy atom. The standard InChI is InChI=1S/C18H26BNO3/c1-13-7-8-14(12-21)15(9-13)10-16(11-20-6)19-22-17(2,3)18(4,5)23-19/h7-10,12,20H,11H2,1-6H3. The Morgan fingerprint density at radius 1 is 1.17 bits per heavy atom. The van der Waals surface area contributed by atoms with Crippen LogP contribution >= 0.6 is 0 Å². The van der Waals surface area contributed by atoms with Gasteiger partial charge in [0.25, 0.3) is 0 Å². The minimum atomic E-state index is -0.424. The molecule has 23 heavy (non-hydrogen) atoms. The molecular weight excluding hydrogens is 289 g/mol. The van der Waals surface area contributed by atoms with Crippen LogP contribution in [0.25, 0.3) is 6.08 Å². The second-order valence-electron chi connectivity index (χ2n) is 7.09. The molecule has 0 saturated carbocycles. The van der Waals surface area contributed by atoms with Crippen molar-refractivity contribution in [3.63, 3.8) is 0 Å². The fourth-order valence-corrected chi connectivity index (χ4v) is 2.53. The van der Waals surface area contributed by atoms with Crippen LogP contribution in [0, 0.1) is 6.92 Å². The van der Waals surface area contributed by atoms with Gasteiger partial charge in [0.15, 0.2) is 6.29 Å². The lowest BCUT2D eigenvalue weighted by atomic mass is 9.76. The molecule has 4 nitrogen and oxygen atoms in total. The summed E-state index contributed by atoms with van der Waals surface area (Å²) >= 11 is 0. The zero-order chi connectivity index (χ0) is 17.3. The van der Waals surface area contributed by atoms with Gasteiger partial charge in [0.05, 0.1) is 11.2 Å². The van der Waals surface area contributed by atoms with E-state index in [1.807, 2.05) is 65.9 Å². The van der Waals surface area contributed by atoms with Crippen molar-refractivity contribution >= 4 is 19.5 Å². The summed E-state index contributed by atoms with van der Waals surface area (Å²) in [5.41, 5.74) is 2.87. The normalized spacial score (nSPS) is 19.9. The highest BCUT2D eigenvalue weighted by atomic mass is 16.7. The third-order valence-corrected chi connectivity index (χ3v) is 4.65. The van der Waals surface area contributed by atoms with Crippen LogP contribution in [0.3, 0.4) is 0 Å². The maximum atomic E-state index is 11.3. The molecule has 0 aromatic heterocycles. The van der Waals surface area contributed by atoms with Gasteiger partial charge < -0.3 is 14.6 Å². The summed E-state index contributed by atoms with van der Waals surface area (Å²) in [7, 11) is 1.46. The molecule has 1 aromatic carbocycles. The number of carbonyl (C=O) groups is 1. The molecule has 1 saturated heterocycles. The molecule has 0 bridgehead atoms. The summed E-state index contributed by atoms with van der Waals surface area (Å²) in [6.45, 7) is 10.8. The average Bonchev–Trinajstić information content (AvgIpc) is 2.67. The Labute approximate surface area is 139 Å². The summed E-state index contributed by atoms with van der Waals surface area (Å²) in [4.78, 5) is 11.3. The number of hydrogen-bond acceptors (Lipinski definition) is 4. The maximum Gasteiger partial charge on any atom is 0.491 e. The minimum absolute atomic E-state index is 0.384. The molecule has 0 atom stereocenters. The molecule has 0 spiro atoms. The molecule has 0 amide bonds. The molecule has 0 aliphatic carbocycles. The Bertz CT molecular complexity index is 607. The first-order chi connectivity index (χ1) is 10.7. The fourth-order valence-electron chi connectivity index (χ4n) is 2.53. The van der Waals surface area contributed by atoms with Gasteiger partial charge in [-0.25, -0.2) is 0 Å². The van der Waals surface area contributed by atoms with Gasteiger partial charge >= 0.3 is 7.12 Å². The number of carbonyl (C=O) groups excluding carboxylic acids is 1. The molecule has 1 aliphatic heterocycles. The highest BCUT2D eigenvalue weighted by molar-refractivity contribution is 6.56. The van der Waals surface area contributed by atoms with Crippen LogP contribution in [-0.2, 0) is 9.31 Å². The summed E-state index contributed by atoms with van der Waals surface area (Å²) in [6, 6.07) is 5.79. The molecular formula is C18H26BNO3. The zero-order valence-electron chi connectivity index (χ0n) is 14.9. The van der Waals surface area contributed by atoms with E-state index in [0.29, 0.717) is 12.1 Å². The molecule has 5 heteroatoms. The summed E-state index contributed by atoms with van der Waals surface area (Å²) in [5.74, 6) is 0. The first kappa shape index (κ1) is 17.9. The predicted molar refractivity (Wildman–Crippen MR) is 94.6 cm³/mol. The molecule has 1 heterocycles. The van der Waals surface area contributed by atoms with Gasteiger partial charge in [-0.15, -0.1) is 0 Å². The van der Waals surface area contributed by atoms with Crippen LogP contribution in [-0.4, -0.2) is 38.2 Å². The SMILES string of the molecule is CNCC(=Cc1cc(C)ccc1C=O)B1OC(C)(C)C(C)(C)O1. The number of aryl methyl sites for hydroxylation is 1. The van der Waals surface area contributed by atoms with Gasteiger partial charge in [-0.1, -0.05) is 29.8 Å². The average molecular weight is 315 g/mol. The van der Waals surface area contributed by atoms with Crippen LogP contribution in [0.2, 0.25) is 0 Å². The largest absolute Gasteiger partial charge is 0.491 e. The molecule has 1 aromatic rings. The molecule has 1 fully saturated rings. The Kier molecular flexibility index (Phi) is 5.14. The number of benzene rings is 1. The quantitative estimate of drug-likeness (QED) is 0.670. The van der Waals surface area contributed by atoms with E-state index in [-0.39, 0.29) is 11.2 Å². The van der Waals surface area contributed by atoms with E-state index in [1.165, 1.54) is 0 Å². The van der Waals surface area contributed by atoms with E-state index in [2.05, 4.69) is 5.32 Å². The van der Waals surface area contributed by atoms with Crippen molar-refractivity contribution in [2.75, 3.05) is 13.6 Å². The van der Waals surface area contributed by atoms with Crippen LogP contribution in [0.5, 0.6) is 0 Å². The molecule has 0 radical (unpaired) electrons. The van der Waals surface area contributed by atoms with Crippen molar-refractivity contribution in [3.8, 4) is 0 Å². The summed E-state index contributed by atoms with van der Waals surface area (Å²) in [5, 5.41) is 3.16. The lowest BCUT2D eigenvalue weighted by Crippen LogP contribution is -2.41. The van der Waals surface area contributed by atoms with Crippen molar-refractivity contribution in [2.24, 2.45) is 0 Å². The van der Waals surface area contributed by atoms with Crippen LogP contribution in [0.15, 0.2) is 23.7 Å². The lowest BCUT2D eigenvalue weighted by molar-refractivity contribution is 0.00578. The lowest BCUT2D eigenvalue weighted by Gasteiger charge is -2.32. The topological polar surface area (TPSA) is 47.6 Å². The van der Waals surface area contributed by atoms with Gasteiger partial charge in [0, 0.05) is 12.1 Å². The van der Waals surface area contributed by atoms with E-state index in [1.54, 1.807) is 0 Å². The third-order valence-electron chi connectivity index (χ3n) is 4.65. The number of nitrogens with one attached hydrogen (secondary N) is 1. The number of hydrogen-bond donors (Lipinski definition) is 1. The third kappa shape index (κ3) is 3.74. The van der Waals surface area contributed by atoms with Crippen molar-refractivity contribution < 1.29 is 14.1 Å². The van der Waals surface area contributed by atoms with Gasteiger partial charge in [-0.2, -0.15) is 0 Å². The van der Waals surface area contributed by atoms with Crippen LogP contribution < -0.4 is 5.32 Å². The maximum absolute atomic E-state index is 11.3. The highest BCUT2D eigenvalue weighted by Crippen LogP contribution is 2.38. The van der Waals surface area contributed by atoms with Crippen molar-refractivity contribution in [1.82, 2.24) is 5.32 Å². The second kappa shape index (κ2) is 6.60. The first-order valence-corrected chi connectivity index (χ1v) is 7.97. The summed E-state index contributed by atoms with van der Waals surface area (Å²) in [6.07, 6.45) is 2.88. The monoisotopic (exact) mass is 315 g/mol. The Balaban J connectivity index is 2.40. The van der Waals surface area contributed by atoms with Crippen LogP contribution in [0.4, 0.5) is 0 Å². The summed E-state index contributed by atoms with van der Waals surface area (Å²) < 4.78 is 12.3. The van der Waals surface area contributed by atoms with Crippen molar-refractivity contribution in [1.29, 1.82) is 0 Å². The minimum Gasteiger partial charge on any atom is -0.400 e. The number of aldehydes is 1. The van der Waals surface area contributed by atoms with E-state index < -0.39 is 7.12 Å². The smallest absolute Gasteiger partial charge is 0.400 e. The molecule has 2 rings (SSSR count). The van der Waals surface area contributed by atoms with E-state index >= 15 is 0 Å². The highest BCUT2D eigenvalue weighted by Gasteiger charge is 2.52. The van der Waals surface area contributed by atoms with Crippen molar-refractivity contribution in [2.45, 2.75) is 45.8 Å². The van der Waals surface area contributed by atoms with E-state index in [0.717, 1.165) is 22.9 Å². The molecule has 1 aliphatic rings. The zero-order valence-corrected chi connectivity index (χ0v) is 14.9. The van der Waals surface area contributed by atoms with Gasteiger partial charge in [0.1, 0.15) is 0 Å². The number of likely N-dealkylation sites (N-methyl/N-ethyl adjacent to an activating group) is 1. The van der Waals surface area contributed by atoms with Crippen LogP contribution in [0.1, 0.15) is 49.2 Å². The Hall–Kier alpha value is -1.43. The van der Waals surface area contributed by atoms with Gasteiger partial charge in [-0.3, -0.25) is 4.79 Å². The fraction of sp³-hybridized carbons (Fsp3) is 0.500. The van der Waals surface area contributed by atoms with Gasteiger partial charge in [0.2, 0.25) is 0 Å².